The molecule has 2 heteroatoms. The lowest BCUT2D eigenvalue weighted by atomic mass is 9.97. The molecule has 0 aromatic heterocycles. The molecule has 16 heavy (non-hydrogen) atoms. The summed E-state index contributed by atoms with van der Waals surface area (Å²) >= 11 is 0. The van der Waals surface area contributed by atoms with Crippen LogP contribution in [-0.2, 0) is 0 Å². The number of hydrogen-bond acceptors (Lipinski definition) is 1. The Morgan fingerprint density at radius 2 is 1.75 bits per heavy atom. The van der Waals surface area contributed by atoms with Crippen molar-refractivity contribution in [3.8, 4) is 11.1 Å². The van der Waals surface area contributed by atoms with E-state index in [4.69, 9.17) is 0 Å². The van der Waals surface area contributed by atoms with E-state index >= 15 is 0 Å². The Kier molecular flexibility index (Phi) is 2.82. The van der Waals surface area contributed by atoms with Gasteiger partial charge in [0, 0.05) is 5.56 Å². The van der Waals surface area contributed by atoms with Gasteiger partial charge in [-0.2, -0.15) is 0 Å². The number of carbonyl (C=O) groups excluding carboxylic acids is 1. The van der Waals surface area contributed by atoms with Gasteiger partial charge in [-0.15, -0.1) is 0 Å². The van der Waals surface area contributed by atoms with Crippen LogP contribution in [0.25, 0.3) is 11.1 Å². The van der Waals surface area contributed by atoms with Gasteiger partial charge in [0.15, 0.2) is 5.78 Å². The molecular formula is C14H11FO. The highest BCUT2D eigenvalue weighted by atomic mass is 19.1. The first kappa shape index (κ1) is 10.6. The van der Waals surface area contributed by atoms with Crippen molar-refractivity contribution < 1.29 is 9.18 Å². The maximum Gasteiger partial charge on any atom is 0.160 e. The Bertz CT molecular complexity index is 518. The third-order valence-corrected chi connectivity index (χ3v) is 2.45. The van der Waals surface area contributed by atoms with Crippen LogP contribution < -0.4 is 0 Å². The molecule has 0 saturated heterocycles. The molecule has 80 valence electrons. The number of hydrogen-bond donors (Lipinski definition) is 0. The molecule has 2 aromatic rings. The van der Waals surface area contributed by atoms with Gasteiger partial charge in [0.2, 0.25) is 0 Å². The highest BCUT2D eigenvalue weighted by molar-refractivity contribution is 6.00. The van der Waals surface area contributed by atoms with Gasteiger partial charge in [0.1, 0.15) is 5.82 Å². The maximum atomic E-state index is 13.1. The molecule has 0 aliphatic rings. The van der Waals surface area contributed by atoms with Crippen LogP contribution in [0.4, 0.5) is 4.39 Å². The second-order valence-corrected chi connectivity index (χ2v) is 3.61. The standard InChI is InChI=1S/C14H11FO/c1-10(16)14-9-12(15)7-8-13(14)11-5-3-2-4-6-11/h2-9H,1H3. The van der Waals surface area contributed by atoms with E-state index in [1.165, 1.54) is 19.1 Å². The third-order valence-electron chi connectivity index (χ3n) is 2.45. The minimum absolute atomic E-state index is 0.127. The molecule has 2 aromatic carbocycles. The summed E-state index contributed by atoms with van der Waals surface area (Å²) in [7, 11) is 0. The van der Waals surface area contributed by atoms with E-state index in [2.05, 4.69) is 0 Å². The second kappa shape index (κ2) is 4.27. The molecule has 0 radical (unpaired) electrons. The van der Waals surface area contributed by atoms with Crippen molar-refractivity contribution in [2.45, 2.75) is 6.92 Å². The number of carbonyl (C=O) groups is 1. The van der Waals surface area contributed by atoms with E-state index in [0.717, 1.165) is 11.1 Å². The predicted molar refractivity (Wildman–Crippen MR) is 61.8 cm³/mol. The molecule has 0 amide bonds. The average molecular weight is 214 g/mol. The lowest BCUT2D eigenvalue weighted by Crippen LogP contribution is -1.97. The Hall–Kier alpha value is -1.96. The van der Waals surface area contributed by atoms with E-state index in [1.54, 1.807) is 6.07 Å². The summed E-state index contributed by atoms with van der Waals surface area (Å²) in [6.07, 6.45) is 0. The van der Waals surface area contributed by atoms with Crippen molar-refractivity contribution in [3.63, 3.8) is 0 Å². The van der Waals surface area contributed by atoms with Crippen LogP contribution in [-0.4, -0.2) is 5.78 Å². The van der Waals surface area contributed by atoms with Crippen LogP contribution in [0.3, 0.4) is 0 Å². The van der Waals surface area contributed by atoms with Gasteiger partial charge < -0.3 is 0 Å². The zero-order valence-electron chi connectivity index (χ0n) is 8.91. The Balaban J connectivity index is 2.61. The van der Waals surface area contributed by atoms with Crippen LogP contribution in [0, 0.1) is 5.82 Å². The Morgan fingerprint density at radius 1 is 1.06 bits per heavy atom. The molecule has 0 atom stereocenters. The van der Waals surface area contributed by atoms with Gasteiger partial charge in [-0.05, 0) is 30.2 Å². The second-order valence-electron chi connectivity index (χ2n) is 3.61. The fourth-order valence-corrected chi connectivity index (χ4v) is 1.68. The molecule has 0 aliphatic heterocycles. The zero-order chi connectivity index (χ0) is 11.5. The first-order valence-electron chi connectivity index (χ1n) is 5.04. The normalized spacial score (nSPS) is 10.1. The van der Waals surface area contributed by atoms with Crippen LogP contribution in [0.2, 0.25) is 0 Å². The fourth-order valence-electron chi connectivity index (χ4n) is 1.68. The van der Waals surface area contributed by atoms with E-state index < -0.39 is 0 Å². The Morgan fingerprint density at radius 3 is 2.38 bits per heavy atom. The predicted octanol–water partition coefficient (Wildman–Crippen LogP) is 3.70. The number of Topliss-reactive ketones (excluding diaryl/α,β-unsaturated/α-hetero) is 1. The third kappa shape index (κ3) is 2.01. The quantitative estimate of drug-likeness (QED) is 0.697. The minimum atomic E-state index is -0.384. The minimum Gasteiger partial charge on any atom is -0.294 e. The van der Waals surface area contributed by atoms with E-state index in [-0.39, 0.29) is 11.6 Å². The summed E-state index contributed by atoms with van der Waals surface area (Å²) in [6.45, 7) is 1.45. The summed E-state index contributed by atoms with van der Waals surface area (Å²) in [4.78, 5) is 11.4. The van der Waals surface area contributed by atoms with Gasteiger partial charge >= 0.3 is 0 Å². The summed E-state index contributed by atoms with van der Waals surface area (Å²) in [5.41, 5.74) is 2.12. The summed E-state index contributed by atoms with van der Waals surface area (Å²) in [5.74, 6) is -0.511. The molecule has 0 saturated carbocycles. The van der Waals surface area contributed by atoms with Gasteiger partial charge in [-0.3, -0.25) is 4.79 Å². The SMILES string of the molecule is CC(=O)c1cc(F)ccc1-c1ccccc1. The molecule has 1 nitrogen and oxygen atoms in total. The van der Waals surface area contributed by atoms with E-state index in [1.807, 2.05) is 30.3 Å². The van der Waals surface area contributed by atoms with Gasteiger partial charge in [0.05, 0.1) is 0 Å². The summed E-state index contributed by atoms with van der Waals surface area (Å²) < 4.78 is 13.1. The molecule has 0 heterocycles. The van der Waals surface area contributed by atoms with Crippen molar-refractivity contribution in [1.82, 2.24) is 0 Å². The first-order valence-corrected chi connectivity index (χ1v) is 5.04. The lowest BCUT2D eigenvalue weighted by molar-refractivity contribution is 0.101. The van der Waals surface area contributed by atoms with Crippen LogP contribution >= 0.6 is 0 Å². The van der Waals surface area contributed by atoms with Crippen LogP contribution in [0.15, 0.2) is 48.5 Å². The van der Waals surface area contributed by atoms with Crippen molar-refractivity contribution in [3.05, 3.63) is 59.9 Å². The smallest absolute Gasteiger partial charge is 0.160 e. The molecule has 0 unspecified atom stereocenters. The van der Waals surface area contributed by atoms with Crippen LogP contribution in [0.5, 0.6) is 0 Å². The molecule has 0 bridgehead atoms. The topological polar surface area (TPSA) is 17.1 Å². The van der Waals surface area contributed by atoms with E-state index in [9.17, 15) is 9.18 Å². The van der Waals surface area contributed by atoms with Crippen molar-refractivity contribution >= 4 is 5.78 Å². The summed E-state index contributed by atoms with van der Waals surface area (Å²) in [6, 6.07) is 13.8. The zero-order valence-corrected chi connectivity index (χ0v) is 8.91. The van der Waals surface area contributed by atoms with Crippen molar-refractivity contribution in [2.75, 3.05) is 0 Å². The first-order chi connectivity index (χ1) is 7.68. The maximum absolute atomic E-state index is 13.1. The molecule has 2 rings (SSSR count). The van der Waals surface area contributed by atoms with Gasteiger partial charge in [-0.25, -0.2) is 4.39 Å². The molecular weight excluding hydrogens is 203 g/mol. The molecule has 0 N–H and O–H groups in total. The molecule has 0 spiro atoms. The van der Waals surface area contributed by atoms with Crippen molar-refractivity contribution in [2.24, 2.45) is 0 Å². The fraction of sp³-hybridized carbons (Fsp3) is 0.0714. The monoisotopic (exact) mass is 214 g/mol. The molecule has 0 fully saturated rings. The lowest BCUT2D eigenvalue weighted by Gasteiger charge is -2.06. The highest BCUT2D eigenvalue weighted by Gasteiger charge is 2.09. The number of benzene rings is 2. The Labute approximate surface area is 93.5 Å². The number of rotatable bonds is 2. The number of ketones is 1. The average Bonchev–Trinajstić information content (AvgIpc) is 2.30. The van der Waals surface area contributed by atoms with E-state index in [0.29, 0.717) is 5.56 Å². The highest BCUT2D eigenvalue weighted by Crippen LogP contribution is 2.24. The van der Waals surface area contributed by atoms with Gasteiger partial charge in [-0.1, -0.05) is 36.4 Å². The van der Waals surface area contributed by atoms with Crippen molar-refractivity contribution in [1.29, 1.82) is 0 Å². The number of halogens is 1. The van der Waals surface area contributed by atoms with Gasteiger partial charge in [0.25, 0.3) is 0 Å². The molecule has 0 aliphatic carbocycles. The van der Waals surface area contributed by atoms with Crippen LogP contribution in [0.1, 0.15) is 17.3 Å². The largest absolute Gasteiger partial charge is 0.294 e. The summed E-state index contributed by atoms with van der Waals surface area (Å²) in [5, 5.41) is 0.